The van der Waals surface area contributed by atoms with Crippen LogP contribution in [0, 0.1) is 23.7 Å². The van der Waals surface area contributed by atoms with E-state index >= 15 is 0 Å². The van der Waals surface area contributed by atoms with E-state index in [0.29, 0.717) is 17.9 Å². The molecule has 1 fully saturated rings. The summed E-state index contributed by atoms with van der Waals surface area (Å²) in [6.45, 7) is 7.92. The third-order valence-electron chi connectivity index (χ3n) is 4.19. The van der Waals surface area contributed by atoms with Gasteiger partial charge in [-0.05, 0) is 50.6 Å². The highest BCUT2D eigenvalue weighted by Gasteiger charge is 2.44. The zero-order chi connectivity index (χ0) is 12.1. The molecule has 5 unspecified atom stereocenters. The van der Waals surface area contributed by atoms with Gasteiger partial charge in [-0.2, -0.15) is 0 Å². The Balaban J connectivity index is 2.41. The zero-order valence-electron chi connectivity index (χ0n) is 11.5. The summed E-state index contributed by atoms with van der Waals surface area (Å²) in [7, 11) is 2.04. The van der Waals surface area contributed by atoms with Crippen LogP contribution in [-0.4, -0.2) is 19.6 Å². The smallest absolute Gasteiger partial charge is 0.00445 e. The Hall–Kier alpha value is -0.0800. The number of hydrogen-bond acceptors (Lipinski definition) is 2. The summed E-state index contributed by atoms with van der Waals surface area (Å²) in [4.78, 5) is 0. The maximum Gasteiger partial charge on any atom is 0.00445 e. The van der Waals surface area contributed by atoms with Crippen LogP contribution in [0.2, 0.25) is 0 Å². The van der Waals surface area contributed by atoms with Gasteiger partial charge in [-0.15, -0.1) is 0 Å². The van der Waals surface area contributed by atoms with Gasteiger partial charge in [0.1, 0.15) is 0 Å². The quantitative estimate of drug-likeness (QED) is 0.668. The lowest BCUT2D eigenvalue weighted by Crippen LogP contribution is -2.37. The minimum atomic E-state index is 0.347. The molecular formula is C14H30N2. The van der Waals surface area contributed by atoms with Crippen LogP contribution in [0.3, 0.4) is 0 Å². The third kappa shape index (κ3) is 3.74. The Morgan fingerprint density at radius 3 is 2.56 bits per heavy atom. The largest absolute Gasteiger partial charge is 0.328 e. The van der Waals surface area contributed by atoms with Crippen LogP contribution in [0.25, 0.3) is 0 Å². The van der Waals surface area contributed by atoms with Crippen molar-refractivity contribution in [3.8, 4) is 0 Å². The molecule has 1 aliphatic carbocycles. The molecule has 0 aromatic heterocycles. The van der Waals surface area contributed by atoms with Gasteiger partial charge in [0, 0.05) is 6.04 Å². The summed E-state index contributed by atoms with van der Waals surface area (Å²) in [5.74, 6) is 3.32. The van der Waals surface area contributed by atoms with Gasteiger partial charge in [0.2, 0.25) is 0 Å². The molecule has 0 aromatic rings. The van der Waals surface area contributed by atoms with E-state index in [1.165, 1.54) is 25.7 Å². The van der Waals surface area contributed by atoms with Crippen LogP contribution in [0.15, 0.2) is 0 Å². The average Bonchev–Trinajstić information content (AvgIpc) is 2.94. The van der Waals surface area contributed by atoms with Crippen molar-refractivity contribution in [3.63, 3.8) is 0 Å². The minimum Gasteiger partial charge on any atom is -0.328 e. The van der Waals surface area contributed by atoms with Crippen molar-refractivity contribution in [2.75, 3.05) is 13.6 Å². The monoisotopic (exact) mass is 226 g/mol. The molecule has 0 spiro atoms. The summed E-state index contributed by atoms with van der Waals surface area (Å²) >= 11 is 0. The van der Waals surface area contributed by atoms with Crippen molar-refractivity contribution in [1.29, 1.82) is 0 Å². The maximum atomic E-state index is 6.17. The van der Waals surface area contributed by atoms with Crippen molar-refractivity contribution < 1.29 is 0 Å². The van der Waals surface area contributed by atoms with E-state index in [-0.39, 0.29) is 0 Å². The van der Waals surface area contributed by atoms with Crippen LogP contribution in [-0.2, 0) is 0 Å². The summed E-state index contributed by atoms with van der Waals surface area (Å²) < 4.78 is 0. The predicted molar refractivity (Wildman–Crippen MR) is 71.4 cm³/mol. The predicted octanol–water partition coefficient (Wildman–Crippen LogP) is 2.63. The summed E-state index contributed by atoms with van der Waals surface area (Å²) in [6, 6.07) is 0.347. The number of rotatable bonds is 8. The molecule has 2 nitrogen and oxygen atoms in total. The van der Waals surface area contributed by atoms with Crippen LogP contribution in [0.4, 0.5) is 0 Å². The van der Waals surface area contributed by atoms with E-state index in [0.717, 1.165) is 18.4 Å². The highest BCUT2D eigenvalue weighted by atomic mass is 14.8. The summed E-state index contributed by atoms with van der Waals surface area (Å²) in [6.07, 6.45) is 5.59. The van der Waals surface area contributed by atoms with Crippen LogP contribution in [0.5, 0.6) is 0 Å². The van der Waals surface area contributed by atoms with Gasteiger partial charge < -0.3 is 11.1 Å². The second-order valence-corrected chi connectivity index (χ2v) is 5.77. The van der Waals surface area contributed by atoms with E-state index < -0.39 is 0 Å². The fraction of sp³-hybridized carbons (Fsp3) is 1.00. The van der Waals surface area contributed by atoms with E-state index in [1.54, 1.807) is 0 Å². The van der Waals surface area contributed by atoms with Crippen molar-refractivity contribution >= 4 is 0 Å². The standard InChI is InChI=1S/C14H30N2/c1-5-6-7-12-8-13(12)14(11(3)15)10(2)9-16-4/h10-14,16H,5-9,15H2,1-4H3. The first kappa shape index (κ1) is 14.0. The van der Waals surface area contributed by atoms with Gasteiger partial charge in [0.05, 0.1) is 0 Å². The van der Waals surface area contributed by atoms with Gasteiger partial charge >= 0.3 is 0 Å². The van der Waals surface area contributed by atoms with E-state index in [2.05, 4.69) is 26.1 Å². The highest BCUT2D eigenvalue weighted by molar-refractivity contribution is 4.95. The zero-order valence-corrected chi connectivity index (χ0v) is 11.5. The third-order valence-corrected chi connectivity index (χ3v) is 4.19. The number of nitrogens with two attached hydrogens (primary N) is 1. The van der Waals surface area contributed by atoms with Gasteiger partial charge in [-0.1, -0.05) is 33.1 Å². The van der Waals surface area contributed by atoms with Crippen LogP contribution < -0.4 is 11.1 Å². The average molecular weight is 226 g/mol. The fourth-order valence-corrected chi connectivity index (χ4v) is 3.33. The van der Waals surface area contributed by atoms with Gasteiger partial charge in [-0.25, -0.2) is 0 Å². The Bertz CT molecular complexity index is 191. The molecule has 5 atom stereocenters. The molecule has 1 saturated carbocycles. The fourth-order valence-electron chi connectivity index (χ4n) is 3.33. The molecule has 3 N–H and O–H groups in total. The van der Waals surface area contributed by atoms with E-state index in [9.17, 15) is 0 Å². The lowest BCUT2D eigenvalue weighted by molar-refractivity contribution is 0.256. The molecule has 16 heavy (non-hydrogen) atoms. The molecule has 1 rings (SSSR count). The lowest BCUT2D eigenvalue weighted by atomic mass is 9.83. The van der Waals surface area contributed by atoms with E-state index in [1.807, 2.05) is 7.05 Å². The van der Waals surface area contributed by atoms with Crippen molar-refractivity contribution in [2.45, 2.75) is 52.5 Å². The van der Waals surface area contributed by atoms with Gasteiger partial charge in [0.15, 0.2) is 0 Å². The Morgan fingerprint density at radius 2 is 2.06 bits per heavy atom. The molecule has 1 aliphatic rings. The second-order valence-electron chi connectivity index (χ2n) is 5.77. The molecule has 0 aromatic carbocycles. The molecule has 0 radical (unpaired) electrons. The Kier molecular flexibility index (Phi) is 5.77. The van der Waals surface area contributed by atoms with E-state index in [4.69, 9.17) is 5.73 Å². The molecule has 0 aliphatic heterocycles. The minimum absolute atomic E-state index is 0.347. The first-order valence-corrected chi connectivity index (χ1v) is 7.02. The molecule has 2 heteroatoms. The molecule has 0 amide bonds. The lowest BCUT2D eigenvalue weighted by Gasteiger charge is -2.28. The molecule has 0 saturated heterocycles. The van der Waals surface area contributed by atoms with Crippen molar-refractivity contribution in [2.24, 2.45) is 29.4 Å². The maximum absolute atomic E-state index is 6.17. The van der Waals surface area contributed by atoms with Crippen molar-refractivity contribution in [1.82, 2.24) is 5.32 Å². The Morgan fingerprint density at radius 1 is 1.38 bits per heavy atom. The van der Waals surface area contributed by atoms with Crippen LogP contribution >= 0.6 is 0 Å². The summed E-state index contributed by atoms with van der Waals surface area (Å²) in [5, 5.41) is 3.29. The molecule has 0 heterocycles. The molecule has 96 valence electrons. The van der Waals surface area contributed by atoms with Gasteiger partial charge in [-0.3, -0.25) is 0 Å². The first-order valence-electron chi connectivity index (χ1n) is 7.02. The topological polar surface area (TPSA) is 38.0 Å². The first-order chi connectivity index (χ1) is 7.61. The van der Waals surface area contributed by atoms with Gasteiger partial charge in [0.25, 0.3) is 0 Å². The number of hydrogen-bond donors (Lipinski definition) is 2. The number of nitrogens with one attached hydrogen (secondary N) is 1. The second kappa shape index (κ2) is 6.61. The normalized spacial score (nSPS) is 29.8. The Labute approximate surface area is 101 Å². The molecule has 0 bridgehead atoms. The van der Waals surface area contributed by atoms with Crippen LogP contribution in [0.1, 0.15) is 46.5 Å². The SMILES string of the molecule is CCCCC1CC1C(C(C)N)C(C)CNC. The van der Waals surface area contributed by atoms with Crippen molar-refractivity contribution in [3.05, 3.63) is 0 Å². The molecular weight excluding hydrogens is 196 g/mol. The summed E-state index contributed by atoms with van der Waals surface area (Å²) in [5.41, 5.74) is 6.17. The highest BCUT2D eigenvalue weighted by Crippen LogP contribution is 2.50. The number of unbranched alkanes of at least 4 members (excludes halogenated alkanes) is 1.